The van der Waals surface area contributed by atoms with Gasteiger partial charge in [0.25, 0.3) is 0 Å². The average Bonchev–Trinajstić information content (AvgIpc) is 3.23. The molecule has 0 spiro atoms. The van der Waals surface area contributed by atoms with Gasteiger partial charge >= 0.3 is 0 Å². The lowest BCUT2D eigenvalue weighted by Crippen LogP contribution is -2.49. The summed E-state index contributed by atoms with van der Waals surface area (Å²) in [5.74, 6) is -0.507. The van der Waals surface area contributed by atoms with Crippen molar-refractivity contribution in [3.8, 4) is 0 Å². The van der Waals surface area contributed by atoms with Gasteiger partial charge in [-0.25, -0.2) is 0 Å². The lowest BCUT2D eigenvalue weighted by Gasteiger charge is -2.28. The molecule has 0 saturated carbocycles. The number of nitrogens with one attached hydrogen (secondary N) is 1. The minimum Gasteiger partial charge on any atom is -0.370 e. The van der Waals surface area contributed by atoms with Crippen molar-refractivity contribution in [2.24, 2.45) is 5.73 Å². The fraction of sp³-hybridized carbons (Fsp3) is 0.943. The maximum absolute atomic E-state index is 14.1. The van der Waals surface area contributed by atoms with Gasteiger partial charge < -0.3 is 16.0 Å². The largest absolute Gasteiger partial charge is 0.370 e. The Kier molecular flexibility index (Phi) is 46.2. The predicted molar refractivity (Wildman–Crippen MR) is 258 cm³/mol. The van der Waals surface area contributed by atoms with E-state index in [1.807, 2.05) is 4.90 Å². The minimum absolute atomic E-state index is 0.0198. The number of unbranched alkanes of at least 4 members (excludes halogenated alkanes) is 38. The topological polar surface area (TPSA) is 92.5 Å². The third kappa shape index (κ3) is 42.9. The van der Waals surface area contributed by atoms with Gasteiger partial charge in [-0.1, -0.05) is 265 Å². The Morgan fingerprint density at radius 2 is 0.627 bits per heavy atom. The molecule has 6 nitrogen and oxygen atoms in total. The smallest absolute Gasteiger partial charge is 0.245 e. The second-order valence-electron chi connectivity index (χ2n) is 18.6. The molecule has 0 unspecified atom stereocenters. The molecule has 350 valence electrons. The van der Waals surface area contributed by atoms with Crippen molar-refractivity contribution in [3.63, 3.8) is 0 Å². The summed E-state index contributed by atoms with van der Waals surface area (Å²) in [6.45, 7) is 8.29. The summed E-state index contributed by atoms with van der Waals surface area (Å²) in [7, 11) is 0. The summed E-state index contributed by atoms with van der Waals surface area (Å²) in [6.07, 6.45) is 54.2. The van der Waals surface area contributed by atoms with Crippen LogP contribution in [0, 0.1) is 0 Å². The van der Waals surface area contributed by atoms with Crippen molar-refractivity contribution in [1.82, 2.24) is 10.2 Å². The second kappa shape index (κ2) is 47.5. The molecule has 0 aliphatic rings. The minimum atomic E-state index is -0.671. The van der Waals surface area contributed by atoms with E-state index >= 15 is 0 Å². The molecule has 6 heteroatoms. The molecule has 0 saturated heterocycles. The van der Waals surface area contributed by atoms with Crippen LogP contribution in [0.1, 0.15) is 303 Å². The van der Waals surface area contributed by atoms with Gasteiger partial charge in [0, 0.05) is 25.9 Å². The quantitative estimate of drug-likeness (QED) is 0.0598. The van der Waals surface area contributed by atoms with E-state index in [-0.39, 0.29) is 24.7 Å². The Balaban J connectivity index is 4.70. The zero-order chi connectivity index (χ0) is 43.1. The Bertz CT molecular complexity index is 859. The Morgan fingerprint density at radius 1 is 0.373 bits per heavy atom. The molecule has 0 aromatic heterocycles. The van der Waals surface area contributed by atoms with Gasteiger partial charge in [0.1, 0.15) is 6.04 Å². The van der Waals surface area contributed by atoms with E-state index in [4.69, 9.17) is 5.73 Å². The Labute approximate surface area is 369 Å². The molecule has 0 bridgehead atoms. The van der Waals surface area contributed by atoms with Gasteiger partial charge in [0.15, 0.2) is 0 Å². The highest BCUT2D eigenvalue weighted by molar-refractivity contribution is 5.88. The van der Waals surface area contributed by atoms with Crippen LogP contribution in [0.5, 0.6) is 0 Å². The average molecular weight is 832 g/mol. The van der Waals surface area contributed by atoms with Crippen LogP contribution in [-0.4, -0.2) is 41.8 Å². The van der Waals surface area contributed by atoms with E-state index in [0.717, 1.165) is 58.0 Å². The Morgan fingerprint density at radius 3 is 0.898 bits per heavy atom. The number of carbonyl (C=O) groups excluding carboxylic acids is 3. The van der Waals surface area contributed by atoms with Gasteiger partial charge in [-0.15, -0.1) is 0 Å². The van der Waals surface area contributed by atoms with Crippen LogP contribution in [0.25, 0.3) is 0 Å². The zero-order valence-corrected chi connectivity index (χ0v) is 40.4. The second-order valence-corrected chi connectivity index (χ2v) is 18.6. The van der Waals surface area contributed by atoms with Crippen LogP contribution in [-0.2, 0) is 14.4 Å². The third-order valence-electron chi connectivity index (χ3n) is 12.7. The van der Waals surface area contributed by atoms with E-state index in [2.05, 4.69) is 26.1 Å². The zero-order valence-electron chi connectivity index (χ0n) is 40.4. The molecule has 0 radical (unpaired) electrons. The maximum atomic E-state index is 14.1. The summed E-state index contributed by atoms with van der Waals surface area (Å²) in [4.78, 5) is 40.9. The van der Waals surface area contributed by atoms with Crippen molar-refractivity contribution < 1.29 is 14.4 Å². The van der Waals surface area contributed by atoms with Crippen molar-refractivity contribution >= 4 is 17.7 Å². The van der Waals surface area contributed by atoms with Crippen LogP contribution >= 0.6 is 0 Å². The predicted octanol–water partition coefficient (Wildman–Crippen LogP) is 16.0. The first-order valence-corrected chi connectivity index (χ1v) is 26.8. The molecule has 3 amide bonds. The highest BCUT2D eigenvalue weighted by Crippen LogP contribution is 2.17. The number of nitrogens with two attached hydrogens (primary N) is 1. The SMILES string of the molecule is CCCCCCCCCCCCCCCCCCN(CCCCCCCCCCCCCCCCCC)C(=O)[C@H](CCC(N)=O)NC(=O)CCCCCCCCCCC. The summed E-state index contributed by atoms with van der Waals surface area (Å²) >= 11 is 0. The number of nitrogens with zero attached hydrogens (tertiary/aromatic N) is 1. The molecule has 3 N–H and O–H groups in total. The van der Waals surface area contributed by atoms with Crippen LogP contribution in [0.15, 0.2) is 0 Å². The van der Waals surface area contributed by atoms with Crippen molar-refractivity contribution in [3.05, 3.63) is 0 Å². The van der Waals surface area contributed by atoms with E-state index in [9.17, 15) is 14.4 Å². The monoisotopic (exact) mass is 832 g/mol. The first kappa shape index (κ1) is 57.4. The highest BCUT2D eigenvalue weighted by Gasteiger charge is 2.26. The van der Waals surface area contributed by atoms with E-state index in [0.29, 0.717) is 6.42 Å². The van der Waals surface area contributed by atoms with Crippen LogP contribution in [0.2, 0.25) is 0 Å². The number of hydrogen-bond donors (Lipinski definition) is 2. The van der Waals surface area contributed by atoms with Crippen molar-refractivity contribution in [2.75, 3.05) is 13.1 Å². The number of primary amides is 1. The summed E-state index contributed by atoms with van der Waals surface area (Å²) < 4.78 is 0. The molecule has 0 aromatic rings. The van der Waals surface area contributed by atoms with Gasteiger partial charge in [-0.3, -0.25) is 14.4 Å². The number of hydrogen-bond acceptors (Lipinski definition) is 3. The highest BCUT2D eigenvalue weighted by atomic mass is 16.2. The molecule has 0 fully saturated rings. The number of amides is 3. The van der Waals surface area contributed by atoms with Crippen LogP contribution < -0.4 is 11.1 Å². The summed E-state index contributed by atoms with van der Waals surface area (Å²) in [6, 6.07) is -0.671. The molecule has 0 heterocycles. The molecular weight excluding hydrogens is 727 g/mol. The molecule has 0 aliphatic carbocycles. The third-order valence-corrected chi connectivity index (χ3v) is 12.7. The number of carbonyl (C=O) groups is 3. The van der Waals surface area contributed by atoms with Gasteiger partial charge in [0.2, 0.25) is 17.7 Å². The molecule has 59 heavy (non-hydrogen) atoms. The fourth-order valence-electron chi connectivity index (χ4n) is 8.66. The van der Waals surface area contributed by atoms with Crippen LogP contribution in [0.4, 0.5) is 0 Å². The summed E-state index contributed by atoms with van der Waals surface area (Å²) in [5, 5.41) is 3.05. The lowest BCUT2D eigenvalue weighted by atomic mass is 10.0. The van der Waals surface area contributed by atoms with E-state index in [1.54, 1.807) is 0 Å². The van der Waals surface area contributed by atoms with Crippen LogP contribution in [0.3, 0.4) is 0 Å². The molecule has 0 rings (SSSR count). The first-order chi connectivity index (χ1) is 29.0. The van der Waals surface area contributed by atoms with Gasteiger partial charge in [-0.05, 0) is 25.7 Å². The van der Waals surface area contributed by atoms with E-state index in [1.165, 1.54) is 218 Å². The van der Waals surface area contributed by atoms with Gasteiger partial charge in [-0.2, -0.15) is 0 Å². The first-order valence-electron chi connectivity index (χ1n) is 26.8. The van der Waals surface area contributed by atoms with Crippen molar-refractivity contribution in [2.45, 2.75) is 309 Å². The summed E-state index contributed by atoms with van der Waals surface area (Å²) in [5.41, 5.74) is 5.54. The molecule has 0 aliphatic heterocycles. The van der Waals surface area contributed by atoms with Gasteiger partial charge in [0.05, 0.1) is 0 Å². The lowest BCUT2D eigenvalue weighted by molar-refractivity contribution is -0.137. The number of rotatable bonds is 49. The standard InChI is InChI=1S/C53H105N3O3/c1-4-7-10-13-16-19-21-23-25-27-29-31-34-37-40-43-48-56(49-44-41-38-35-32-30-28-26-24-22-20-17-14-11-8-5-2)53(59)50(46-47-51(54)57)55-52(58)45-42-39-36-33-18-15-12-9-6-3/h50H,4-49H2,1-3H3,(H2,54,57)(H,55,58)/t50-/m0/s1. The molecule has 1 atom stereocenters. The fourth-order valence-corrected chi connectivity index (χ4v) is 8.66. The Hall–Kier alpha value is -1.59. The normalized spacial score (nSPS) is 11.9. The van der Waals surface area contributed by atoms with Crippen molar-refractivity contribution in [1.29, 1.82) is 0 Å². The van der Waals surface area contributed by atoms with E-state index < -0.39 is 11.9 Å². The molecule has 0 aromatic carbocycles. The molecular formula is C53H105N3O3. The maximum Gasteiger partial charge on any atom is 0.245 e.